The van der Waals surface area contributed by atoms with Gasteiger partial charge in [0, 0.05) is 31.9 Å². The fourth-order valence-electron chi connectivity index (χ4n) is 3.52. The van der Waals surface area contributed by atoms with Crippen LogP contribution in [0.2, 0.25) is 0 Å². The summed E-state index contributed by atoms with van der Waals surface area (Å²) < 4.78 is 32.6. The Kier molecular flexibility index (Phi) is 6.21. The van der Waals surface area contributed by atoms with Crippen molar-refractivity contribution >= 4 is 27.6 Å². The summed E-state index contributed by atoms with van der Waals surface area (Å²) in [6.07, 6.45) is 1.35. The second kappa shape index (κ2) is 8.46. The highest BCUT2D eigenvalue weighted by molar-refractivity contribution is 7.89. The molecule has 28 heavy (non-hydrogen) atoms. The van der Waals surface area contributed by atoms with Crippen LogP contribution in [0.4, 0.5) is 10.5 Å². The number of nitrogens with one attached hydrogen (secondary N) is 1. The molecule has 1 aromatic rings. The average molecular weight is 410 g/mol. The number of aryl methyl sites for hydroxylation is 1. The number of carbonyl (C=O) groups is 2. The number of ether oxygens (including phenoxy) is 1. The molecule has 0 bridgehead atoms. The Morgan fingerprint density at radius 2 is 1.93 bits per heavy atom. The summed E-state index contributed by atoms with van der Waals surface area (Å²) in [5.41, 5.74) is 6.34. The number of primary amides is 1. The highest BCUT2D eigenvalue weighted by Crippen LogP contribution is 2.25. The van der Waals surface area contributed by atoms with Gasteiger partial charge in [-0.2, -0.15) is 4.31 Å². The number of rotatable bonds is 4. The first-order valence-electron chi connectivity index (χ1n) is 9.33. The van der Waals surface area contributed by atoms with E-state index >= 15 is 0 Å². The van der Waals surface area contributed by atoms with Gasteiger partial charge in [-0.15, -0.1) is 0 Å². The summed E-state index contributed by atoms with van der Waals surface area (Å²) in [6.45, 7) is 3.90. The zero-order valence-corrected chi connectivity index (χ0v) is 16.7. The van der Waals surface area contributed by atoms with E-state index in [2.05, 4.69) is 5.32 Å². The molecule has 0 spiro atoms. The van der Waals surface area contributed by atoms with Gasteiger partial charge in [0.25, 0.3) is 0 Å². The number of nitrogens with two attached hydrogens (primary N) is 1. The molecule has 2 fully saturated rings. The number of nitrogens with zero attached hydrogens (tertiary/aromatic N) is 2. The van der Waals surface area contributed by atoms with Crippen LogP contribution >= 0.6 is 0 Å². The molecule has 9 nitrogen and oxygen atoms in total. The van der Waals surface area contributed by atoms with Crippen LogP contribution in [0.1, 0.15) is 18.4 Å². The molecule has 2 saturated heterocycles. The highest BCUT2D eigenvalue weighted by atomic mass is 32.2. The van der Waals surface area contributed by atoms with Gasteiger partial charge in [-0.25, -0.2) is 13.2 Å². The van der Waals surface area contributed by atoms with E-state index in [1.165, 1.54) is 15.3 Å². The number of piperidine rings is 1. The van der Waals surface area contributed by atoms with Crippen LogP contribution in [0.5, 0.6) is 0 Å². The molecule has 10 heteroatoms. The van der Waals surface area contributed by atoms with Crippen molar-refractivity contribution in [3.63, 3.8) is 0 Å². The zero-order valence-electron chi connectivity index (χ0n) is 15.9. The molecule has 1 atom stereocenters. The Morgan fingerprint density at radius 3 is 2.61 bits per heavy atom. The smallest absolute Gasteiger partial charge is 0.314 e. The van der Waals surface area contributed by atoms with Crippen LogP contribution in [0, 0.1) is 12.8 Å². The van der Waals surface area contributed by atoms with Crippen LogP contribution in [0.3, 0.4) is 0 Å². The molecular weight excluding hydrogens is 384 g/mol. The lowest BCUT2D eigenvalue weighted by molar-refractivity contribution is -0.121. The molecule has 0 unspecified atom stereocenters. The largest absolute Gasteiger partial charge is 0.379 e. The minimum Gasteiger partial charge on any atom is -0.379 e. The second-order valence-corrected chi connectivity index (χ2v) is 9.02. The van der Waals surface area contributed by atoms with E-state index in [1.54, 1.807) is 19.1 Å². The summed E-state index contributed by atoms with van der Waals surface area (Å²) in [4.78, 5) is 25.6. The number of likely N-dealkylation sites (tertiary alicyclic amines) is 1. The standard InChI is InChI=1S/C18H26N4O5S/c1-13-4-5-15(11-16(13)28(25,26)22-7-9-27-10-8-22)20-17(23)14-3-2-6-21(12-14)18(19)24/h4-5,11,14H,2-3,6-10,12H2,1H3,(H2,19,24)(H,20,23)/t14-/m1/s1. The molecule has 2 aliphatic heterocycles. The molecule has 3 amide bonds. The van der Waals surface area contributed by atoms with E-state index in [4.69, 9.17) is 10.5 Å². The van der Waals surface area contributed by atoms with Gasteiger partial charge in [-0.1, -0.05) is 6.07 Å². The Bertz CT molecular complexity index is 852. The monoisotopic (exact) mass is 410 g/mol. The number of hydrogen-bond donors (Lipinski definition) is 2. The van der Waals surface area contributed by atoms with Crippen LogP contribution < -0.4 is 11.1 Å². The van der Waals surface area contributed by atoms with Gasteiger partial charge in [0.2, 0.25) is 15.9 Å². The summed E-state index contributed by atoms with van der Waals surface area (Å²) in [5.74, 6) is -0.619. The third-order valence-electron chi connectivity index (χ3n) is 5.15. The zero-order chi connectivity index (χ0) is 20.3. The first-order valence-corrected chi connectivity index (χ1v) is 10.8. The van der Waals surface area contributed by atoms with Gasteiger partial charge >= 0.3 is 6.03 Å². The van der Waals surface area contributed by atoms with Gasteiger partial charge in [0.05, 0.1) is 24.0 Å². The minimum atomic E-state index is -3.66. The fraction of sp³-hybridized carbons (Fsp3) is 0.556. The van der Waals surface area contributed by atoms with E-state index in [0.717, 1.165) is 0 Å². The Morgan fingerprint density at radius 1 is 1.21 bits per heavy atom. The first-order chi connectivity index (χ1) is 13.3. The van der Waals surface area contributed by atoms with Gasteiger partial charge in [0.15, 0.2) is 0 Å². The number of anilines is 1. The molecule has 0 aromatic heterocycles. The van der Waals surface area contributed by atoms with Crippen LogP contribution in [0.15, 0.2) is 23.1 Å². The SMILES string of the molecule is Cc1ccc(NC(=O)[C@@H]2CCCN(C(N)=O)C2)cc1S(=O)(=O)N1CCOCC1. The third kappa shape index (κ3) is 4.45. The van der Waals surface area contributed by atoms with Crippen molar-refractivity contribution < 1.29 is 22.7 Å². The van der Waals surface area contributed by atoms with Crippen molar-refractivity contribution in [2.24, 2.45) is 11.7 Å². The maximum absolute atomic E-state index is 13.0. The molecule has 0 saturated carbocycles. The molecular formula is C18H26N4O5S. The summed E-state index contributed by atoms with van der Waals surface area (Å²) >= 11 is 0. The molecule has 2 aliphatic rings. The molecule has 0 radical (unpaired) electrons. The quantitative estimate of drug-likeness (QED) is 0.758. The molecule has 3 rings (SSSR count). The number of sulfonamides is 1. The molecule has 154 valence electrons. The number of morpholine rings is 1. The maximum atomic E-state index is 13.0. The Labute approximate surface area is 164 Å². The average Bonchev–Trinajstić information content (AvgIpc) is 2.70. The van der Waals surface area contributed by atoms with Gasteiger partial charge in [0.1, 0.15) is 0 Å². The lowest BCUT2D eigenvalue weighted by atomic mass is 9.97. The third-order valence-corrected chi connectivity index (χ3v) is 7.19. The number of carbonyl (C=O) groups excluding carboxylic acids is 2. The second-order valence-electron chi connectivity index (χ2n) is 7.11. The predicted molar refractivity (Wildman–Crippen MR) is 103 cm³/mol. The fourth-order valence-corrected chi connectivity index (χ4v) is 5.18. The Balaban J connectivity index is 1.76. The van der Waals surface area contributed by atoms with Crippen molar-refractivity contribution in [2.45, 2.75) is 24.7 Å². The van der Waals surface area contributed by atoms with Gasteiger partial charge < -0.3 is 20.7 Å². The van der Waals surface area contributed by atoms with Gasteiger partial charge in [-0.3, -0.25) is 4.79 Å². The van der Waals surface area contributed by atoms with E-state index in [0.29, 0.717) is 56.9 Å². The molecule has 3 N–H and O–H groups in total. The van der Waals surface area contributed by atoms with E-state index < -0.39 is 16.1 Å². The molecule has 1 aromatic carbocycles. The van der Waals surface area contributed by atoms with Crippen LogP contribution in [-0.2, 0) is 19.6 Å². The number of hydrogen-bond acceptors (Lipinski definition) is 5. The summed E-state index contributed by atoms with van der Waals surface area (Å²) in [7, 11) is -3.66. The Hall–Kier alpha value is -2.17. The summed E-state index contributed by atoms with van der Waals surface area (Å²) in [6, 6.07) is 4.32. The maximum Gasteiger partial charge on any atom is 0.314 e. The molecule has 0 aliphatic carbocycles. The lowest BCUT2D eigenvalue weighted by Gasteiger charge is -2.30. The van der Waals surface area contributed by atoms with Crippen molar-refractivity contribution in [1.82, 2.24) is 9.21 Å². The summed E-state index contributed by atoms with van der Waals surface area (Å²) in [5, 5.41) is 2.79. The van der Waals surface area contributed by atoms with E-state index in [9.17, 15) is 18.0 Å². The highest BCUT2D eigenvalue weighted by Gasteiger charge is 2.30. The minimum absolute atomic E-state index is 0.176. The molecule has 2 heterocycles. The number of amides is 3. The van der Waals surface area contributed by atoms with Crippen molar-refractivity contribution in [1.29, 1.82) is 0 Å². The van der Waals surface area contributed by atoms with Crippen LogP contribution in [-0.4, -0.2) is 69.0 Å². The predicted octanol–water partition coefficient (Wildman–Crippen LogP) is 0.745. The van der Waals surface area contributed by atoms with Crippen molar-refractivity contribution in [2.75, 3.05) is 44.7 Å². The van der Waals surface area contributed by atoms with E-state index in [1.807, 2.05) is 0 Å². The number of benzene rings is 1. The topological polar surface area (TPSA) is 122 Å². The lowest BCUT2D eigenvalue weighted by Crippen LogP contribution is -2.46. The number of urea groups is 1. The first kappa shape index (κ1) is 20.6. The van der Waals surface area contributed by atoms with Gasteiger partial charge in [-0.05, 0) is 37.5 Å². The normalized spacial score (nSPS) is 21.3. The van der Waals surface area contributed by atoms with Crippen molar-refractivity contribution in [3.05, 3.63) is 23.8 Å². The van der Waals surface area contributed by atoms with Crippen molar-refractivity contribution in [3.8, 4) is 0 Å². The van der Waals surface area contributed by atoms with Crippen LogP contribution in [0.25, 0.3) is 0 Å². The van der Waals surface area contributed by atoms with E-state index in [-0.39, 0.29) is 23.3 Å².